The van der Waals surface area contributed by atoms with E-state index in [4.69, 9.17) is 0 Å². The Labute approximate surface area is 136 Å². The zero-order valence-electron chi connectivity index (χ0n) is 13.4. The van der Waals surface area contributed by atoms with Crippen LogP contribution in [-0.4, -0.2) is 59.3 Å². The number of nitrogens with one attached hydrogen (secondary N) is 1. The van der Waals surface area contributed by atoms with Crippen LogP contribution in [0, 0.1) is 5.41 Å². The Balaban J connectivity index is 2.18. The van der Waals surface area contributed by atoms with Crippen molar-refractivity contribution in [3.05, 3.63) is 35.9 Å². The number of carboxylic acid groups (broad SMARTS) is 1. The topological polar surface area (TPSA) is 89.9 Å². The first-order valence-electron chi connectivity index (χ1n) is 7.92. The molecule has 0 aliphatic carbocycles. The molecule has 3 N–H and O–H groups in total. The minimum absolute atomic E-state index is 0.122. The van der Waals surface area contributed by atoms with Gasteiger partial charge in [0.1, 0.15) is 5.41 Å². The number of carbonyl (C=O) groups is 2. The molecule has 0 spiro atoms. The largest absolute Gasteiger partial charge is 0.481 e. The van der Waals surface area contributed by atoms with Crippen LogP contribution in [0.25, 0.3) is 0 Å². The lowest BCUT2D eigenvalue weighted by Crippen LogP contribution is -2.58. The van der Waals surface area contributed by atoms with Crippen molar-refractivity contribution in [3.8, 4) is 0 Å². The van der Waals surface area contributed by atoms with Crippen molar-refractivity contribution in [1.82, 2.24) is 10.2 Å². The van der Waals surface area contributed by atoms with Crippen LogP contribution in [0.15, 0.2) is 30.3 Å². The fourth-order valence-corrected chi connectivity index (χ4v) is 3.18. The number of amides is 1. The summed E-state index contributed by atoms with van der Waals surface area (Å²) in [4.78, 5) is 25.5. The number of likely N-dealkylation sites (N-methyl/N-ethyl adjacent to an activating group) is 1. The Morgan fingerprint density at radius 1 is 1.35 bits per heavy atom. The van der Waals surface area contributed by atoms with Gasteiger partial charge in [0.25, 0.3) is 0 Å². The number of hydrogen-bond donors (Lipinski definition) is 3. The van der Waals surface area contributed by atoms with E-state index in [1.807, 2.05) is 42.2 Å². The summed E-state index contributed by atoms with van der Waals surface area (Å²) in [6, 6.07) is 9.30. The number of aliphatic hydroxyl groups is 1. The zero-order valence-corrected chi connectivity index (χ0v) is 13.4. The van der Waals surface area contributed by atoms with E-state index in [9.17, 15) is 19.8 Å². The van der Waals surface area contributed by atoms with Crippen molar-refractivity contribution >= 4 is 11.9 Å². The highest BCUT2D eigenvalue weighted by atomic mass is 16.4. The molecule has 2 atom stereocenters. The predicted octanol–water partition coefficient (Wildman–Crippen LogP) is 0.503. The molecular formula is C17H24N2O4. The second-order valence-electron chi connectivity index (χ2n) is 6.09. The fraction of sp³-hybridized carbons (Fsp3) is 0.529. The molecule has 1 aliphatic heterocycles. The van der Waals surface area contributed by atoms with Crippen LogP contribution in [0.5, 0.6) is 0 Å². The molecule has 0 bridgehead atoms. The van der Waals surface area contributed by atoms with Gasteiger partial charge in [0.05, 0.1) is 12.6 Å². The first-order valence-corrected chi connectivity index (χ1v) is 7.92. The molecule has 1 saturated heterocycles. The quantitative estimate of drug-likeness (QED) is 0.710. The number of carbonyl (C=O) groups excluding carboxylic acids is 1. The SMILES string of the molecule is CCNC(=O)CN1CC[C@H](O)[C@@](Cc2ccccc2)(C(=O)O)C1. The normalized spacial score (nSPS) is 25.0. The summed E-state index contributed by atoms with van der Waals surface area (Å²) in [6.45, 7) is 3.22. The van der Waals surface area contributed by atoms with E-state index >= 15 is 0 Å². The number of benzene rings is 1. The summed E-state index contributed by atoms with van der Waals surface area (Å²) in [7, 11) is 0. The summed E-state index contributed by atoms with van der Waals surface area (Å²) >= 11 is 0. The number of piperidine rings is 1. The minimum Gasteiger partial charge on any atom is -0.481 e. The lowest BCUT2D eigenvalue weighted by atomic mass is 9.73. The molecule has 0 unspecified atom stereocenters. The average Bonchev–Trinajstić information content (AvgIpc) is 2.51. The number of nitrogens with zero attached hydrogens (tertiary/aromatic N) is 1. The van der Waals surface area contributed by atoms with Crippen molar-refractivity contribution in [2.24, 2.45) is 5.41 Å². The van der Waals surface area contributed by atoms with E-state index in [1.54, 1.807) is 0 Å². The molecular weight excluding hydrogens is 296 g/mol. The average molecular weight is 320 g/mol. The van der Waals surface area contributed by atoms with Crippen molar-refractivity contribution in [2.45, 2.75) is 25.9 Å². The maximum Gasteiger partial charge on any atom is 0.313 e. The fourth-order valence-electron chi connectivity index (χ4n) is 3.18. The lowest BCUT2D eigenvalue weighted by Gasteiger charge is -2.43. The summed E-state index contributed by atoms with van der Waals surface area (Å²) < 4.78 is 0. The highest BCUT2D eigenvalue weighted by molar-refractivity contribution is 5.79. The van der Waals surface area contributed by atoms with Gasteiger partial charge in [0.2, 0.25) is 5.91 Å². The Morgan fingerprint density at radius 3 is 2.65 bits per heavy atom. The van der Waals surface area contributed by atoms with Gasteiger partial charge < -0.3 is 15.5 Å². The van der Waals surface area contributed by atoms with Crippen LogP contribution in [0.4, 0.5) is 0 Å². The number of aliphatic carboxylic acids is 1. The molecule has 1 heterocycles. The highest BCUT2D eigenvalue weighted by Gasteiger charge is 2.49. The number of rotatable bonds is 6. The molecule has 1 fully saturated rings. The zero-order chi connectivity index (χ0) is 16.9. The van der Waals surface area contributed by atoms with Gasteiger partial charge in [-0.2, -0.15) is 0 Å². The summed E-state index contributed by atoms with van der Waals surface area (Å²) in [5.74, 6) is -1.14. The molecule has 6 nitrogen and oxygen atoms in total. The van der Waals surface area contributed by atoms with Crippen LogP contribution in [0.2, 0.25) is 0 Å². The van der Waals surface area contributed by atoms with Gasteiger partial charge in [-0.3, -0.25) is 14.5 Å². The Kier molecular flexibility index (Phi) is 5.74. The Hall–Kier alpha value is -1.92. The third kappa shape index (κ3) is 4.09. The van der Waals surface area contributed by atoms with Crippen LogP contribution in [0.3, 0.4) is 0 Å². The Bertz CT molecular complexity index is 549. The summed E-state index contributed by atoms with van der Waals surface area (Å²) in [5, 5.41) is 22.9. The molecule has 1 aromatic carbocycles. The minimum atomic E-state index is -1.29. The summed E-state index contributed by atoms with van der Waals surface area (Å²) in [5.41, 5.74) is -0.416. The lowest BCUT2D eigenvalue weighted by molar-refractivity contribution is -0.164. The third-order valence-corrected chi connectivity index (χ3v) is 4.39. The van der Waals surface area contributed by atoms with E-state index in [2.05, 4.69) is 5.32 Å². The Morgan fingerprint density at radius 2 is 2.04 bits per heavy atom. The third-order valence-electron chi connectivity index (χ3n) is 4.39. The highest BCUT2D eigenvalue weighted by Crippen LogP contribution is 2.34. The molecule has 1 amide bonds. The molecule has 1 aromatic rings. The van der Waals surface area contributed by atoms with Crippen LogP contribution >= 0.6 is 0 Å². The van der Waals surface area contributed by atoms with Crippen LogP contribution in [0.1, 0.15) is 18.9 Å². The van der Waals surface area contributed by atoms with Crippen LogP contribution < -0.4 is 5.32 Å². The van der Waals surface area contributed by atoms with Crippen LogP contribution in [-0.2, 0) is 16.0 Å². The molecule has 1 aliphatic rings. The number of likely N-dealkylation sites (tertiary alicyclic amines) is 1. The molecule has 0 saturated carbocycles. The molecule has 6 heteroatoms. The standard InChI is InChI=1S/C17H24N2O4/c1-2-18-15(21)11-19-9-8-14(20)17(12-19,16(22)23)10-13-6-4-3-5-7-13/h3-7,14,20H,2,8-12H2,1H3,(H,18,21)(H,22,23)/t14-,17-/m0/s1. The van der Waals surface area contributed by atoms with Crippen molar-refractivity contribution in [3.63, 3.8) is 0 Å². The van der Waals surface area contributed by atoms with Crippen molar-refractivity contribution < 1.29 is 19.8 Å². The molecule has 0 aromatic heterocycles. The maximum atomic E-state index is 12.0. The first-order chi connectivity index (χ1) is 11.0. The number of aliphatic hydroxyl groups excluding tert-OH is 1. The second-order valence-corrected chi connectivity index (χ2v) is 6.09. The van der Waals surface area contributed by atoms with Crippen molar-refractivity contribution in [2.75, 3.05) is 26.2 Å². The van der Waals surface area contributed by atoms with E-state index in [-0.39, 0.29) is 25.4 Å². The molecule has 2 rings (SSSR count). The van der Waals surface area contributed by atoms with Gasteiger partial charge in [-0.15, -0.1) is 0 Å². The number of hydrogen-bond acceptors (Lipinski definition) is 4. The van der Waals surface area contributed by atoms with Gasteiger partial charge in [-0.05, 0) is 25.3 Å². The summed E-state index contributed by atoms with van der Waals surface area (Å²) in [6.07, 6.45) is -0.333. The van der Waals surface area contributed by atoms with Gasteiger partial charge in [0.15, 0.2) is 0 Å². The van der Waals surface area contributed by atoms with Gasteiger partial charge >= 0.3 is 5.97 Å². The molecule has 0 radical (unpaired) electrons. The van der Waals surface area contributed by atoms with Crippen molar-refractivity contribution in [1.29, 1.82) is 0 Å². The predicted molar refractivity (Wildman–Crippen MR) is 86.0 cm³/mol. The van der Waals surface area contributed by atoms with Gasteiger partial charge in [-0.1, -0.05) is 30.3 Å². The van der Waals surface area contributed by atoms with E-state index in [0.717, 1.165) is 5.56 Å². The van der Waals surface area contributed by atoms with Gasteiger partial charge in [-0.25, -0.2) is 0 Å². The number of carboxylic acids is 1. The first kappa shape index (κ1) is 17.4. The monoisotopic (exact) mass is 320 g/mol. The smallest absolute Gasteiger partial charge is 0.313 e. The van der Waals surface area contributed by atoms with E-state index < -0.39 is 17.5 Å². The van der Waals surface area contributed by atoms with E-state index in [0.29, 0.717) is 19.5 Å². The molecule has 23 heavy (non-hydrogen) atoms. The van der Waals surface area contributed by atoms with E-state index in [1.165, 1.54) is 0 Å². The maximum absolute atomic E-state index is 12.0. The van der Waals surface area contributed by atoms with Gasteiger partial charge in [0, 0.05) is 19.6 Å². The molecule has 126 valence electrons. The second kappa shape index (κ2) is 7.57.